The van der Waals surface area contributed by atoms with Crippen molar-refractivity contribution < 1.29 is 4.79 Å². The van der Waals surface area contributed by atoms with E-state index in [4.69, 9.17) is 0 Å². The van der Waals surface area contributed by atoms with Gasteiger partial charge in [-0.3, -0.25) is 5.32 Å². The van der Waals surface area contributed by atoms with Gasteiger partial charge in [0.2, 0.25) is 0 Å². The Kier molecular flexibility index (Phi) is 3.20. The lowest BCUT2D eigenvalue weighted by atomic mass is 10.4. The minimum Gasteiger partial charge on any atom is -0.324 e. The highest BCUT2D eigenvalue weighted by atomic mass is 79.9. The van der Waals surface area contributed by atoms with Crippen molar-refractivity contribution >= 4 is 27.8 Å². The quantitative estimate of drug-likeness (QED) is 0.797. The Morgan fingerprint density at radius 2 is 2.13 bits per heavy atom. The summed E-state index contributed by atoms with van der Waals surface area (Å²) in [5.41, 5.74) is 0. The van der Waals surface area contributed by atoms with E-state index in [0.717, 1.165) is 30.5 Å². The van der Waals surface area contributed by atoms with E-state index in [1.165, 1.54) is 0 Å². The number of rotatable bonds is 1. The monoisotopic (exact) mass is 269 g/mol. The van der Waals surface area contributed by atoms with Crippen LogP contribution in [0.2, 0.25) is 0 Å². The first-order chi connectivity index (χ1) is 7.25. The predicted octanol–water partition coefficient (Wildman–Crippen LogP) is 2.47. The Labute approximate surface area is 96.8 Å². The smallest absolute Gasteiger partial charge is 0.323 e. The number of hydrogen-bond acceptors (Lipinski definition) is 2. The van der Waals surface area contributed by atoms with Gasteiger partial charge >= 0.3 is 6.03 Å². The molecule has 1 aliphatic heterocycles. The molecule has 0 atom stereocenters. The highest BCUT2D eigenvalue weighted by molar-refractivity contribution is 9.10. The minimum absolute atomic E-state index is 0.0573. The van der Waals surface area contributed by atoms with Crippen molar-refractivity contribution in [3.05, 3.63) is 22.8 Å². The maximum Gasteiger partial charge on any atom is 0.323 e. The zero-order valence-corrected chi connectivity index (χ0v) is 9.83. The second-order valence-electron chi connectivity index (χ2n) is 3.47. The van der Waals surface area contributed by atoms with Gasteiger partial charge in [0, 0.05) is 13.1 Å². The molecular formula is C10H12BrN3O. The number of carbonyl (C=O) groups is 1. The Bertz CT molecular complexity index is 363. The van der Waals surface area contributed by atoms with E-state index in [9.17, 15) is 4.79 Å². The molecule has 80 valence electrons. The van der Waals surface area contributed by atoms with Crippen LogP contribution in [-0.2, 0) is 0 Å². The molecule has 2 rings (SSSR count). The van der Waals surface area contributed by atoms with Crippen LogP contribution in [0, 0.1) is 0 Å². The van der Waals surface area contributed by atoms with Crippen LogP contribution < -0.4 is 5.32 Å². The second kappa shape index (κ2) is 4.61. The molecule has 0 aromatic carbocycles. The van der Waals surface area contributed by atoms with Crippen molar-refractivity contribution in [2.24, 2.45) is 0 Å². The van der Waals surface area contributed by atoms with Gasteiger partial charge in [-0.1, -0.05) is 6.07 Å². The molecule has 0 spiro atoms. The molecule has 1 aromatic rings. The van der Waals surface area contributed by atoms with Crippen molar-refractivity contribution in [3.8, 4) is 0 Å². The van der Waals surface area contributed by atoms with Crippen LogP contribution in [0.4, 0.5) is 10.6 Å². The molecule has 0 saturated carbocycles. The van der Waals surface area contributed by atoms with Crippen LogP contribution in [0.15, 0.2) is 22.8 Å². The fraction of sp³-hybridized carbons (Fsp3) is 0.400. The summed E-state index contributed by atoms with van der Waals surface area (Å²) in [5, 5.41) is 2.77. The molecular weight excluding hydrogens is 258 g/mol. The van der Waals surface area contributed by atoms with E-state index in [1.54, 1.807) is 6.07 Å². The molecule has 1 saturated heterocycles. The fourth-order valence-corrected chi connectivity index (χ4v) is 1.93. The molecule has 1 fully saturated rings. The molecule has 0 aliphatic carbocycles. The lowest BCUT2D eigenvalue weighted by Gasteiger charge is -2.15. The SMILES string of the molecule is O=C(Nc1cccc(Br)n1)N1CCCC1. The highest BCUT2D eigenvalue weighted by Gasteiger charge is 2.17. The number of nitrogens with zero attached hydrogens (tertiary/aromatic N) is 2. The van der Waals surface area contributed by atoms with Crippen molar-refractivity contribution in [3.63, 3.8) is 0 Å². The molecule has 0 radical (unpaired) electrons. The third-order valence-corrected chi connectivity index (χ3v) is 2.79. The number of likely N-dealkylation sites (tertiary alicyclic amines) is 1. The van der Waals surface area contributed by atoms with Gasteiger partial charge in [0.05, 0.1) is 0 Å². The fourth-order valence-electron chi connectivity index (χ4n) is 1.59. The Balaban J connectivity index is 1.99. The third kappa shape index (κ3) is 2.68. The number of halogens is 1. The first-order valence-corrected chi connectivity index (χ1v) is 5.73. The molecule has 15 heavy (non-hydrogen) atoms. The van der Waals surface area contributed by atoms with E-state index in [-0.39, 0.29) is 6.03 Å². The molecule has 1 aliphatic rings. The lowest BCUT2D eigenvalue weighted by Crippen LogP contribution is -2.32. The molecule has 0 unspecified atom stereocenters. The van der Waals surface area contributed by atoms with Gasteiger partial charge in [-0.2, -0.15) is 0 Å². The summed E-state index contributed by atoms with van der Waals surface area (Å²) < 4.78 is 0.724. The van der Waals surface area contributed by atoms with Crippen LogP contribution in [0.1, 0.15) is 12.8 Å². The largest absolute Gasteiger partial charge is 0.324 e. The second-order valence-corrected chi connectivity index (χ2v) is 4.28. The molecule has 1 N–H and O–H groups in total. The van der Waals surface area contributed by atoms with Crippen LogP contribution in [0.25, 0.3) is 0 Å². The van der Waals surface area contributed by atoms with Crippen LogP contribution in [0.3, 0.4) is 0 Å². The summed E-state index contributed by atoms with van der Waals surface area (Å²) in [6.45, 7) is 1.69. The van der Waals surface area contributed by atoms with E-state index in [2.05, 4.69) is 26.2 Å². The van der Waals surface area contributed by atoms with Crippen LogP contribution in [0.5, 0.6) is 0 Å². The number of anilines is 1. The summed E-state index contributed by atoms with van der Waals surface area (Å²) in [7, 11) is 0. The zero-order chi connectivity index (χ0) is 10.7. The van der Waals surface area contributed by atoms with Gasteiger partial charge in [-0.25, -0.2) is 9.78 Å². The number of carbonyl (C=O) groups excluding carboxylic acids is 1. The molecule has 1 aromatic heterocycles. The third-order valence-electron chi connectivity index (χ3n) is 2.34. The Morgan fingerprint density at radius 1 is 1.40 bits per heavy atom. The summed E-state index contributed by atoms with van der Waals surface area (Å²) in [6.07, 6.45) is 2.19. The number of urea groups is 1. The van der Waals surface area contributed by atoms with Crippen molar-refractivity contribution in [1.82, 2.24) is 9.88 Å². The molecule has 2 heterocycles. The normalized spacial score (nSPS) is 15.4. The standard InChI is InChI=1S/C10H12BrN3O/c11-8-4-3-5-9(12-8)13-10(15)14-6-1-2-7-14/h3-5H,1-2,6-7H2,(H,12,13,15). The van der Waals surface area contributed by atoms with E-state index in [1.807, 2.05) is 17.0 Å². The van der Waals surface area contributed by atoms with Crippen molar-refractivity contribution in [2.45, 2.75) is 12.8 Å². The number of pyridine rings is 1. The number of amides is 2. The van der Waals surface area contributed by atoms with Gasteiger partial charge in [0.15, 0.2) is 0 Å². The van der Waals surface area contributed by atoms with Crippen LogP contribution >= 0.6 is 15.9 Å². The average molecular weight is 270 g/mol. The molecule has 0 bridgehead atoms. The van der Waals surface area contributed by atoms with Gasteiger partial charge in [-0.15, -0.1) is 0 Å². The molecule has 2 amide bonds. The zero-order valence-electron chi connectivity index (χ0n) is 8.24. The predicted molar refractivity (Wildman–Crippen MR) is 61.8 cm³/mol. The highest BCUT2D eigenvalue weighted by Crippen LogP contribution is 2.13. The number of hydrogen-bond donors (Lipinski definition) is 1. The topological polar surface area (TPSA) is 45.2 Å². The van der Waals surface area contributed by atoms with Crippen molar-refractivity contribution in [1.29, 1.82) is 0 Å². The molecule has 5 heteroatoms. The van der Waals surface area contributed by atoms with Gasteiger partial charge in [0.25, 0.3) is 0 Å². The lowest BCUT2D eigenvalue weighted by molar-refractivity contribution is 0.222. The number of aromatic nitrogens is 1. The van der Waals surface area contributed by atoms with Gasteiger partial charge < -0.3 is 4.90 Å². The summed E-state index contributed by atoms with van der Waals surface area (Å²) in [6, 6.07) is 5.39. The number of nitrogens with one attached hydrogen (secondary N) is 1. The van der Waals surface area contributed by atoms with E-state index < -0.39 is 0 Å². The van der Waals surface area contributed by atoms with Gasteiger partial charge in [0.1, 0.15) is 10.4 Å². The average Bonchev–Trinajstić information content (AvgIpc) is 2.70. The molecule has 4 nitrogen and oxygen atoms in total. The van der Waals surface area contributed by atoms with Gasteiger partial charge in [-0.05, 0) is 40.9 Å². The maximum absolute atomic E-state index is 11.7. The maximum atomic E-state index is 11.7. The minimum atomic E-state index is -0.0573. The van der Waals surface area contributed by atoms with Crippen LogP contribution in [-0.4, -0.2) is 29.0 Å². The first kappa shape index (κ1) is 10.4. The van der Waals surface area contributed by atoms with E-state index in [0.29, 0.717) is 5.82 Å². The van der Waals surface area contributed by atoms with E-state index >= 15 is 0 Å². The summed E-state index contributed by atoms with van der Waals surface area (Å²) in [5.74, 6) is 0.585. The summed E-state index contributed by atoms with van der Waals surface area (Å²) >= 11 is 3.26. The first-order valence-electron chi connectivity index (χ1n) is 4.94. The Morgan fingerprint density at radius 3 is 2.80 bits per heavy atom. The Hall–Kier alpha value is -1.10. The summed E-state index contributed by atoms with van der Waals surface area (Å²) in [4.78, 5) is 17.6. The van der Waals surface area contributed by atoms with Crippen molar-refractivity contribution in [2.75, 3.05) is 18.4 Å².